The number of ether oxygens (including phenoxy) is 3. The molecule has 2 aromatic carbocycles. The van der Waals surface area contributed by atoms with Gasteiger partial charge in [0.1, 0.15) is 11.5 Å². The van der Waals surface area contributed by atoms with Crippen molar-refractivity contribution in [3.8, 4) is 17.2 Å². The predicted octanol–water partition coefficient (Wildman–Crippen LogP) is 3.78. The molecule has 8 nitrogen and oxygen atoms in total. The number of nitrogens with zero attached hydrogens (tertiary/aromatic N) is 2. The molecule has 0 aromatic heterocycles. The maximum atomic E-state index is 13.2. The zero-order chi connectivity index (χ0) is 25.7. The van der Waals surface area contributed by atoms with E-state index < -0.39 is 17.7 Å². The lowest BCUT2D eigenvalue weighted by atomic mass is 9.94. The molecule has 0 bridgehead atoms. The van der Waals surface area contributed by atoms with Gasteiger partial charge in [0, 0.05) is 12.1 Å². The van der Waals surface area contributed by atoms with Gasteiger partial charge in [0.2, 0.25) is 0 Å². The molecule has 3 rings (SSSR count). The third-order valence-electron chi connectivity index (χ3n) is 6.02. The van der Waals surface area contributed by atoms with E-state index in [0.29, 0.717) is 47.9 Å². The van der Waals surface area contributed by atoms with E-state index in [0.717, 1.165) is 12.1 Å². The number of amides is 1. The number of hydrogen-bond acceptors (Lipinski definition) is 7. The lowest BCUT2D eigenvalue weighted by Crippen LogP contribution is -2.32. The van der Waals surface area contributed by atoms with E-state index in [4.69, 9.17) is 14.2 Å². The average molecular weight is 483 g/mol. The highest BCUT2D eigenvalue weighted by Gasteiger charge is 2.46. The van der Waals surface area contributed by atoms with Gasteiger partial charge in [0.15, 0.2) is 11.5 Å². The smallest absolute Gasteiger partial charge is 0.295 e. The normalized spacial score (nSPS) is 17.2. The number of Topliss-reactive ketones (excluding diaryl/α,β-unsaturated/α-hetero) is 1. The van der Waals surface area contributed by atoms with E-state index >= 15 is 0 Å². The van der Waals surface area contributed by atoms with Crippen LogP contribution in [0.15, 0.2) is 42.0 Å². The predicted molar refractivity (Wildman–Crippen MR) is 134 cm³/mol. The molecule has 8 heteroatoms. The minimum absolute atomic E-state index is 0.0515. The quantitative estimate of drug-likeness (QED) is 0.313. The molecule has 1 aliphatic rings. The summed E-state index contributed by atoms with van der Waals surface area (Å²) in [5.74, 6) is 0.158. The van der Waals surface area contributed by atoms with E-state index in [-0.39, 0.29) is 11.3 Å². The molecule has 1 heterocycles. The molecule has 0 unspecified atom stereocenters. The third-order valence-corrected chi connectivity index (χ3v) is 6.02. The molecule has 1 N–H and O–H groups in total. The Morgan fingerprint density at radius 3 is 2.31 bits per heavy atom. The molecular weight excluding hydrogens is 448 g/mol. The number of likely N-dealkylation sites (tertiary alicyclic amines) is 1. The maximum Gasteiger partial charge on any atom is 0.295 e. The number of ketones is 1. The Labute approximate surface area is 206 Å². The van der Waals surface area contributed by atoms with Gasteiger partial charge in [0.05, 0.1) is 32.4 Å². The van der Waals surface area contributed by atoms with E-state index in [1.807, 2.05) is 32.8 Å². The zero-order valence-electron chi connectivity index (χ0n) is 21.3. The highest BCUT2D eigenvalue weighted by molar-refractivity contribution is 6.46. The molecule has 0 radical (unpaired) electrons. The summed E-state index contributed by atoms with van der Waals surface area (Å²) in [4.78, 5) is 29.9. The van der Waals surface area contributed by atoms with Gasteiger partial charge in [-0.25, -0.2) is 0 Å². The first kappa shape index (κ1) is 26.1. The largest absolute Gasteiger partial charge is 0.507 e. The highest BCUT2D eigenvalue weighted by atomic mass is 16.5. The van der Waals surface area contributed by atoms with Crippen LogP contribution in [0.1, 0.15) is 36.1 Å². The fraction of sp³-hybridized carbons (Fsp3) is 0.407. The van der Waals surface area contributed by atoms with E-state index in [1.54, 1.807) is 43.5 Å². The van der Waals surface area contributed by atoms with Crippen LogP contribution in [-0.4, -0.2) is 74.6 Å². The van der Waals surface area contributed by atoms with Crippen LogP contribution in [-0.2, 0) is 9.59 Å². The second kappa shape index (κ2) is 11.3. The standard InChI is InChI=1S/C27H34N2O6/c1-7-35-21-12-9-18(16-22(21)34-6)24-23(25(30)19-10-11-20(33-5)17(2)15-19)26(31)27(32)29(24)14-8-13-28(3)4/h9-12,15-16,24,30H,7-8,13-14H2,1-6H3/b25-23+/t24-/m1/s1. The minimum Gasteiger partial charge on any atom is -0.507 e. The Bertz CT molecular complexity index is 1120. The number of benzene rings is 2. The van der Waals surface area contributed by atoms with Crippen LogP contribution in [0.4, 0.5) is 0 Å². The maximum absolute atomic E-state index is 13.2. The summed E-state index contributed by atoms with van der Waals surface area (Å²) in [5.41, 5.74) is 1.95. The Kier molecular flexibility index (Phi) is 8.40. The summed E-state index contributed by atoms with van der Waals surface area (Å²) in [6.07, 6.45) is 0.673. The molecule has 1 fully saturated rings. The number of aliphatic hydroxyl groups excluding tert-OH is 1. The second-order valence-electron chi connectivity index (χ2n) is 8.68. The van der Waals surface area contributed by atoms with E-state index in [9.17, 15) is 14.7 Å². The molecule has 2 aromatic rings. The van der Waals surface area contributed by atoms with Gasteiger partial charge in [-0.1, -0.05) is 6.07 Å². The van der Waals surface area contributed by atoms with Crippen LogP contribution in [0.25, 0.3) is 5.76 Å². The molecule has 0 spiro atoms. The molecular formula is C27H34N2O6. The van der Waals surface area contributed by atoms with Crippen LogP contribution in [0.3, 0.4) is 0 Å². The van der Waals surface area contributed by atoms with Crippen LogP contribution in [0.2, 0.25) is 0 Å². The minimum atomic E-state index is -0.760. The number of aryl methyl sites for hydroxylation is 1. The van der Waals surface area contributed by atoms with Crippen LogP contribution >= 0.6 is 0 Å². The number of carbonyl (C=O) groups is 2. The average Bonchev–Trinajstić information content (AvgIpc) is 3.08. The Morgan fingerprint density at radius 2 is 1.71 bits per heavy atom. The van der Waals surface area contributed by atoms with Crippen molar-refractivity contribution in [1.29, 1.82) is 0 Å². The summed E-state index contributed by atoms with van der Waals surface area (Å²) in [6.45, 7) is 5.31. The van der Waals surface area contributed by atoms with Crippen molar-refractivity contribution >= 4 is 17.4 Å². The lowest BCUT2D eigenvalue weighted by Gasteiger charge is -2.26. The first-order chi connectivity index (χ1) is 16.7. The summed E-state index contributed by atoms with van der Waals surface area (Å²) >= 11 is 0. The Morgan fingerprint density at radius 1 is 1.03 bits per heavy atom. The van der Waals surface area contributed by atoms with Crippen LogP contribution < -0.4 is 14.2 Å². The molecule has 0 saturated carbocycles. The fourth-order valence-corrected chi connectivity index (χ4v) is 4.32. The highest BCUT2D eigenvalue weighted by Crippen LogP contribution is 2.42. The fourth-order valence-electron chi connectivity index (χ4n) is 4.32. The number of hydrogen-bond donors (Lipinski definition) is 1. The molecule has 0 aliphatic carbocycles. The van der Waals surface area contributed by atoms with Gasteiger partial charge in [0.25, 0.3) is 11.7 Å². The van der Waals surface area contributed by atoms with Gasteiger partial charge in [-0.3, -0.25) is 9.59 Å². The van der Waals surface area contributed by atoms with Gasteiger partial charge in [-0.2, -0.15) is 0 Å². The van der Waals surface area contributed by atoms with Crippen molar-refractivity contribution in [3.63, 3.8) is 0 Å². The number of rotatable bonds is 10. The van der Waals surface area contributed by atoms with Gasteiger partial charge in [-0.15, -0.1) is 0 Å². The van der Waals surface area contributed by atoms with E-state index in [2.05, 4.69) is 0 Å². The van der Waals surface area contributed by atoms with Crippen molar-refractivity contribution in [3.05, 3.63) is 58.7 Å². The molecule has 35 heavy (non-hydrogen) atoms. The summed E-state index contributed by atoms with van der Waals surface area (Å²) in [6, 6.07) is 9.70. The number of aliphatic hydroxyl groups is 1. The van der Waals surface area contributed by atoms with Crippen molar-refractivity contribution in [2.24, 2.45) is 0 Å². The SMILES string of the molecule is CCOc1ccc([C@@H]2/C(=C(\O)c3ccc(OC)c(C)c3)C(=O)C(=O)N2CCCN(C)C)cc1OC. The first-order valence-electron chi connectivity index (χ1n) is 11.6. The monoisotopic (exact) mass is 482 g/mol. The Balaban J connectivity index is 2.15. The van der Waals surface area contributed by atoms with Gasteiger partial charge >= 0.3 is 0 Å². The van der Waals surface area contributed by atoms with Crippen molar-refractivity contribution < 1.29 is 28.9 Å². The van der Waals surface area contributed by atoms with Crippen molar-refractivity contribution in [2.75, 3.05) is 48.0 Å². The number of carbonyl (C=O) groups excluding carboxylic acids is 2. The van der Waals surface area contributed by atoms with Crippen LogP contribution in [0.5, 0.6) is 17.2 Å². The van der Waals surface area contributed by atoms with E-state index in [1.165, 1.54) is 12.0 Å². The molecule has 1 amide bonds. The lowest BCUT2D eigenvalue weighted by molar-refractivity contribution is -0.139. The summed E-state index contributed by atoms with van der Waals surface area (Å²) < 4.78 is 16.5. The topological polar surface area (TPSA) is 88.5 Å². The van der Waals surface area contributed by atoms with Crippen molar-refractivity contribution in [1.82, 2.24) is 9.80 Å². The molecule has 1 aliphatic heterocycles. The number of methoxy groups -OCH3 is 2. The first-order valence-corrected chi connectivity index (χ1v) is 11.6. The third kappa shape index (κ3) is 5.43. The zero-order valence-corrected chi connectivity index (χ0v) is 21.3. The molecule has 188 valence electrons. The van der Waals surface area contributed by atoms with Crippen LogP contribution in [0, 0.1) is 6.92 Å². The Hall–Kier alpha value is -3.52. The van der Waals surface area contributed by atoms with Gasteiger partial charge < -0.3 is 29.1 Å². The van der Waals surface area contributed by atoms with Gasteiger partial charge in [-0.05, 0) is 82.4 Å². The summed E-state index contributed by atoms with van der Waals surface area (Å²) in [5, 5.41) is 11.3. The molecule has 1 atom stereocenters. The molecule has 1 saturated heterocycles. The second-order valence-corrected chi connectivity index (χ2v) is 8.68. The van der Waals surface area contributed by atoms with Crippen molar-refractivity contribution in [2.45, 2.75) is 26.3 Å². The summed E-state index contributed by atoms with van der Waals surface area (Å²) in [7, 11) is 7.01.